The first-order chi connectivity index (χ1) is 8.46. The summed E-state index contributed by atoms with van der Waals surface area (Å²) in [4.78, 5) is 12.4. The zero-order valence-electron chi connectivity index (χ0n) is 11.8. The number of rotatable bonds is 5. The van der Waals surface area contributed by atoms with Gasteiger partial charge in [-0.05, 0) is 30.5 Å². The number of ketones is 1. The summed E-state index contributed by atoms with van der Waals surface area (Å²) in [6.45, 7) is 11.8. The molecule has 0 bridgehead atoms. The van der Waals surface area contributed by atoms with Crippen molar-refractivity contribution in [2.75, 3.05) is 0 Å². The molecule has 0 radical (unpaired) electrons. The molecule has 0 aliphatic carbocycles. The van der Waals surface area contributed by atoms with E-state index in [1.807, 2.05) is 64.1 Å². The molecule has 0 saturated carbocycles. The van der Waals surface area contributed by atoms with E-state index >= 15 is 0 Å². The van der Waals surface area contributed by atoms with Crippen molar-refractivity contribution in [3.8, 4) is 0 Å². The van der Waals surface area contributed by atoms with Gasteiger partial charge in [-0.3, -0.25) is 4.79 Å². The second-order valence-corrected chi connectivity index (χ2v) is 5.11. The summed E-state index contributed by atoms with van der Waals surface area (Å²) in [6, 6.07) is 5.81. The largest absolute Gasteiger partial charge is 0.294 e. The van der Waals surface area contributed by atoms with Crippen LogP contribution < -0.4 is 0 Å². The van der Waals surface area contributed by atoms with Crippen molar-refractivity contribution in [3.63, 3.8) is 0 Å². The number of allylic oxidation sites excluding steroid dienone is 1. The topological polar surface area (TPSA) is 17.1 Å². The summed E-state index contributed by atoms with van der Waals surface area (Å²) < 4.78 is 0. The van der Waals surface area contributed by atoms with Gasteiger partial charge in [-0.2, -0.15) is 0 Å². The molecular weight excluding hydrogens is 220 g/mol. The van der Waals surface area contributed by atoms with E-state index < -0.39 is 0 Å². The summed E-state index contributed by atoms with van der Waals surface area (Å²) in [7, 11) is 0. The second-order valence-electron chi connectivity index (χ2n) is 5.11. The van der Waals surface area contributed by atoms with Gasteiger partial charge in [-0.1, -0.05) is 57.7 Å². The van der Waals surface area contributed by atoms with Crippen LogP contribution in [0.4, 0.5) is 0 Å². The minimum absolute atomic E-state index is 0.200. The molecule has 1 rings (SSSR count). The van der Waals surface area contributed by atoms with E-state index in [9.17, 15) is 4.79 Å². The first-order valence-corrected chi connectivity index (χ1v) is 6.40. The normalized spacial score (nSPS) is 11.8. The average molecular weight is 242 g/mol. The lowest BCUT2D eigenvalue weighted by Gasteiger charge is -2.21. The molecule has 0 aliphatic rings. The zero-order chi connectivity index (χ0) is 13.8. The van der Waals surface area contributed by atoms with Crippen molar-refractivity contribution in [1.82, 2.24) is 0 Å². The minimum Gasteiger partial charge on any atom is -0.294 e. The highest BCUT2D eigenvalue weighted by molar-refractivity contribution is 6.00. The molecule has 96 valence electrons. The van der Waals surface area contributed by atoms with Gasteiger partial charge in [0.1, 0.15) is 0 Å². The van der Waals surface area contributed by atoms with E-state index in [1.165, 1.54) is 0 Å². The molecular formula is C17H22O. The monoisotopic (exact) mass is 242 g/mol. The van der Waals surface area contributed by atoms with E-state index in [4.69, 9.17) is 0 Å². The van der Waals surface area contributed by atoms with Crippen molar-refractivity contribution in [3.05, 3.63) is 47.5 Å². The van der Waals surface area contributed by atoms with E-state index in [1.54, 1.807) is 0 Å². The SMILES string of the molecule is C=Cc1ccc(C(=O)C(C)(C)CC)cc1/C=C\C. The van der Waals surface area contributed by atoms with Gasteiger partial charge in [-0.25, -0.2) is 0 Å². The summed E-state index contributed by atoms with van der Waals surface area (Å²) in [5.41, 5.74) is 2.58. The van der Waals surface area contributed by atoms with Gasteiger partial charge in [-0.15, -0.1) is 0 Å². The van der Waals surface area contributed by atoms with Gasteiger partial charge in [0, 0.05) is 11.0 Å². The van der Waals surface area contributed by atoms with Crippen LogP contribution in [0.3, 0.4) is 0 Å². The highest BCUT2D eigenvalue weighted by Crippen LogP contribution is 2.27. The van der Waals surface area contributed by atoms with E-state index in [0.29, 0.717) is 0 Å². The predicted octanol–water partition coefficient (Wildman–Crippen LogP) is 4.98. The third-order valence-electron chi connectivity index (χ3n) is 3.41. The number of hydrogen-bond donors (Lipinski definition) is 0. The average Bonchev–Trinajstić information content (AvgIpc) is 2.38. The Morgan fingerprint density at radius 1 is 1.33 bits per heavy atom. The molecule has 0 atom stereocenters. The quantitative estimate of drug-likeness (QED) is 0.665. The fourth-order valence-corrected chi connectivity index (χ4v) is 1.78. The molecule has 1 heteroatoms. The highest BCUT2D eigenvalue weighted by Gasteiger charge is 2.26. The smallest absolute Gasteiger partial charge is 0.168 e. The van der Waals surface area contributed by atoms with Crippen LogP contribution in [0.25, 0.3) is 12.2 Å². The van der Waals surface area contributed by atoms with Crippen molar-refractivity contribution in [2.45, 2.75) is 34.1 Å². The van der Waals surface area contributed by atoms with Crippen LogP contribution in [-0.4, -0.2) is 5.78 Å². The summed E-state index contributed by atoms with van der Waals surface area (Å²) in [5, 5.41) is 0. The van der Waals surface area contributed by atoms with Gasteiger partial charge < -0.3 is 0 Å². The van der Waals surface area contributed by atoms with Gasteiger partial charge in [0.15, 0.2) is 5.78 Å². The first-order valence-electron chi connectivity index (χ1n) is 6.40. The summed E-state index contributed by atoms with van der Waals surface area (Å²) >= 11 is 0. The van der Waals surface area contributed by atoms with Crippen molar-refractivity contribution < 1.29 is 4.79 Å². The Balaban J connectivity index is 3.24. The maximum absolute atomic E-state index is 12.4. The number of carbonyl (C=O) groups is 1. The second kappa shape index (κ2) is 5.81. The Morgan fingerprint density at radius 3 is 2.50 bits per heavy atom. The summed E-state index contributed by atoms with van der Waals surface area (Å²) in [5.74, 6) is 0.200. The van der Waals surface area contributed by atoms with Crippen molar-refractivity contribution in [1.29, 1.82) is 0 Å². The molecule has 0 unspecified atom stereocenters. The van der Waals surface area contributed by atoms with Crippen molar-refractivity contribution in [2.24, 2.45) is 5.41 Å². The summed E-state index contributed by atoms with van der Waals surface area (Å²) in [6.07, 6.45) is 6.64. The third kappa shape index (κ3) is 2.98. The zero-order valence-corrected chi connectivity index (χ0v) is 11.8. The van der Waals surface area contributed by atoms with E-state index in [0.717, 1.165) is 23.1 Å². The Hall–Kier alpha value is -1.63. The minimum atomic E-state index is -0.303. The number of carbonyl (C=O) groups excluding carboxylic acids is 1. The Morgan fingerprint density at radius 2 is 2.00 bits per heavy atom. The lowest BCUT2D eigenvalue weighted by atomic mass is 9.81. The Labute approximate surface area is 110 Å². The Kier molecular flexibility index (Phi) is 4.66. The predicted molar refractivity (Wildman–Crippen MR) is 79.6 cm³/mol. The molecule has 1 aromatic rings. The molecule has 0 N–H and O–H groups in total. The van der Waals surface area contributed by atoms with Crippen LogP contribution in [-0.2, 0) is 0 Å². The molecule has 0 fully saturated rings. The van der Waals surface area contributed by atoms with E-state index in [-0.39, 0.29) is 11.2 Å². The van der Waals surface area contributed by atoms with Crippen LogP contribution in [0, 0.1) is 5.41 Å². The fraction of sp³-hybridized carbons (Fsp3) is 0.353. The van der Waals surface area contributed by atoms with Crippen LogP contribution in [0.2, 0.25) is 0 Å². The number of hydrogen-bond acceptors (Lipinski definition) is 1. The molecule has 18 heavy (non-hydrogen) atoms. The molecule has 0 amide bonds. The third-order valence-corrected chi connectivity index (χ3v) is 3.41. The molecule has 0 spiro atoms. The molecule has 1 aromatic carbocycles. The lowest BCUT2D eigenvalue weighted by molar-refractivity contribution is 0.0833. The first kappa shape index (κ1) is 14.4. The molecule has 0 saturated heterocycles. The number of benzene rings is 1. The van der Waals surface area contributed by atoms with Gasteiger partial charge in [0.25, 0.3) is 0 Å². The van der Waals surface area contributed by atoms with Crippen molar-refractivity contribution >= 4 is 17.9 Å². The molecule has 0 heterocycles. The fourth-order valence-electron chi connectivity index (χ4n) is 1.78. The Bertz CT molecular complexity index is 478. The maximum Gasteiger partial charge on any atom is 0.168 e. The van der Waals surface area contributed by atoms with Crippen LogP contribution in [0.1, 0.15) is 55.6 Å². The number of Topliss-reactive ketones (excluding diaryl/α,β-unsaturated/α-hetero) is 1. The van der Waals surface area contributed by atoms with Gasteiger partial charge >= 0.3 is 0 Å². The van der Waals surface area contributed by atoms with Crippen LogP contribution >= 0.6 is 0 Å². The lowest BCUT2D eigenvalue weighted by Crippen LogP contribution is -2.23. The van der Waals surface area contributed by atoms with E-state index in [2.05, 4.69) is 6.58 Å². The van der Waals surface area contributed by atoms with Gasteiger partial charge in [0.05, 0.1) is 0 Å². The highest BCUT2D eigenvalue weighted by atomic mass is 16.1. The maximum atomic E-state index is 12.4. The molecule has 0 aliphatic heterocycles. The van der Waals surface area contributed by atoms with Crippen LogP contribution in [0.5, 0.6) is 0 Å². The standard InChI is InChI=1S/C17H22O/c1-6-9-14-12-15(11-10-13(14)7-2)16(18)17(4,5)8-3/h6-7,9-12H,2,8H2,1,3-5H3/b9-6-. The molecule has 0 aromatic heterocycles. The van der Waals surface area contributed by atoms with Crippen LogP contribution in [0.15, 0.2) is 30.9 Å². The van der Waals surface area contributed by atoms with Gasteiger partial charge in [0.2, 0.25) is 0 Å². The molecule has 1 nitrogen and oxygen atoms in total.